The number of fused-ring (bicyclic) bond motifs is 1. The molecule has 0 spiro atoms. The number of aliphatic imine (C=N–C) groups is 1. The van der Waals surface area contributed by atoms with E-state index in [0.717, 1.165) is 13.0 Å². The number of hydrogen-bond donors (Lipinski definition) is 0. The van der Waals surface area contributed by atoms with E-state index in [4.69, 9.17) is 4.99 Å². The Kier molecular flexibility index (Phi) is 6.23. The second-order valence-corrected chi connectivity index (χ2v) is 8.65. The summed E-state index contributed by atoms with van der Waals surface area (Å²) < 4.78 is 0. The smallest absolute Gasteiger partial charge is 0.0655 e. The minimum Gasteiger partial charge on any atom is -0.285 e. The highest BCUT2D eigenvalue weighted by Gasteiger charge is 2.21. The molecular formula is C27H35N. The zero-order chi connectivity index (χ0) is 20.4. The van der Waals surface area contributed by atoms with Gasteiger partial charge in [0.15, 0.2) is 0 Å². The Morgan fingerprint density at radius 2 is 1.79 bits per heavy atom. The molecule has 1 unspecified atom stereocenters. The molecule has 0 fully saturated rings. The van der Waals surface area contributed by atoms with Gasteiger partial charge < -0.3 is 0 Å². The Morgan fingerprint density at radius 1 is 1.04 bits per heavy atom. The first-order valence-corrected chi connectivity index (χ1v) is 10.7. The van der Waals surface area contributed by atoms with Crippen LogP contribution in [0.25, 0.3) is 11.1 Å². The van der Waals surface area contributed by atoms with Crippen molar-refractivity contribution < 1.29 is 0 Å². The van der Waals surface area contributed by atoms with Crippen molar-refractivity contribution >= 4 is 5.71 Å². The zero-order valence-electron chi connectivity index (χ0n) is 18.7. The molecule has 1 aliphatic rings. The van der Waals surface area contributed by atoms with Crippen LogP contribution in [0.1, 0.15) is 86.3 Å². The Morgan fingerprint density at radius 3 is 2.50 bits per heavy atom. The highest BCUT2D eigenvalue weighted by atomic mass is 14.8. The molecule has 148 valence electrons. The molecule has 1 aliphatic heterocycles. The van der Waals surface area contributed by atoms with Gasteiger partial charge in [-0.3, -0.25) is 4.99 Å². The lowest BCUT2D eigenvalue weighted by molar-refractivity contribution is 0.762. The summed E-state index contributed by atoms with van der Waals surface area (Å²) in [6, 6.07) is 9.34. The standard InChI is InChI=1S/C27H35N/c1-8-9-17(2)10-11-18(3)24-14-21(6)25(15-20(24)5)27-19(4)12-13-23-22(7)28-16-26(23)27/h10,12-15,18H,8-9,11,16H2,1-7H3/b17-10-. The molecule has 0 N–H and O–H groups in total. The second kappa shape index (κ2) is 8.47. The van der Waals surface area contributed by atoms with Crippen LogP contribution < -0.4 is 0 Å². The van der Waals surface area contributed by atoms with Crippen LogP contribution in [0.4, 0.5) is 0 Å². The van der Waals surface area contributed by atoms with Crippen molar-refractivity contribution in [1.82, 2.24) is 0 Å². The van der Waals surface area contributed by atoms with Gasteiger partial charge in [-0.15, -0.1) is 0 Å². The molecule has 2 aromatic rings. The van der Waals surface area contributed by atoms with Gasteiger partial charge in [0, 0.05) is 11.3 Å². The van der Waals surface area contributed by atoms with E-state index in [1.807, 2.05) is 0 Å². The fourth-order valence-electron chi connectivity index (χ4n) is 4.57. The lowest BCUT2D eigenvalue weighted by Crippen LogP contribution is -2.02. The Bertz CT molecular complexity index is 943. The van der Waals surface area contributed by atoms with Gasteiger partial charge in [-0.25, -0.2) is 0 Å². The summed E-state index contributed by atoms with van der Waals surface area (Å²) >= 11 is 0. The molecule has 0 amide bonds. The number of benzene rings is 2. The Hall–Kier alpha value is -2.15. The Balaban J connectivity index is 1.97. The molecule has 1 nitrogen and oxygen atoms in total. The maximum Gasteiger partial charge on any atom is 0.0655 e. The van der Waals surface area contributed by atoms with Gasteiger partial charge in [-0.1, -0.05) is 56.2 Å². The van der Waals surface area contributed by atoms with Gasteiger partial charge in [0.1, 0.15) is 0 Å². The molecule has 0 saturated heterocycles. The third-order valence-electron chi connectivity index (χ3n) is 6.26. The maximum absolute atomic E-state index is 4.70. The van der Waals surface area contributed by atoms with Crippen LogP contribution in [0.3, 0.4) is 0 Å². The fourth-order valence-corrected chi connectivity index (χ4v) is 4.57. The van der Waals surface area contributed by atoms with Crippen molar-refractivity contribution in [2.24, 2.45) is 4.99 Å². The highest BCUT2D eigenvalue weighted by Crippen LogP contribution is 2.38. The summed E-state index contributed by atoms with van der Waals surface area (Å²) in [5.74, 6) is 0.549. The average Bonchev–Trinajstić information content (AvgIpc) is 3.03. The SMILES string of the molecule is CCC/C(C)=C\CC(C)c1cc(C)c(-c2c(C)ccc3c2CN=C3C)cc1C. The van der Waals surface area contributed by atoms with Crippen LogP contribution >= 0.6 is 0 Å². The molecule has 1 heteroatoms. The van der Waals surface area contributed by atoms with Gasteiger partial charge >= 0.3 is 0 Å². The lowest BCUT2D eigenvalue weighted by Gasteiger charge is -2.20. The summed E-state index contributed by atoms with van der Waals surface area (Å²) in [5, 5.41) is 0. The van der Waals surface area contributed by atoms with Crippen molar-refractivity contribution in [3.8, 4) is 11.1 Å². The molecule has 28 heavy (non-hydrogen) atoms. The van der Waals surface area contributed by atoms with Crippen LogP contribution in [-0.2, 0) is 6.54 Å². The maximum atomic E-state index is 4.70. The van der Waals surface area contributed by atoms with E-state index in [-0.39, 0.29) is 0 Å². The molecule has 0 aliphatic carbocycles. The first-order valence-electron chi connectivity index (χ1n) is 10.7. The van der Waals surface area contributed by atoms with Gasteiger partial charge in [0.05, 0.1) is 6.54 Å². The van der Waals surface area contributed by atoms with Crippen molar-refractivity contribution in [1.29, 1.82) is 0 Å². The minimum absolute atomic E-state index is 0.549. The Labute approximate surface area is 171 Å². The van der Waals surface area contributed by atoms with E-state index in [2.05, 4.69) is 78.8 Å². The molecule has 0 bridgehead atoms. The highest BCUT2D eigenvalue weighted by molar-refractivity contribution is 6.04. The lowest BCUT2D eigenvalue weighted by atomic mass is 9.84. The second-order valence-electron chi connectivity index (χ2n) is 8.65. The van der Waals surface area contributed by atoms with Crippen LogP contribution in [0.5, 0.6) is 0 Å². The normalized spacial score (nSPS) is 14.8. The quantitative estimate of drug-likeness (QED) is 0.457. The molecule has 0 saturated carbocycles. The fraction of sp³-hybridized carbons (Fsp3) is 0.444. The van der Waals surface area contributed by atoms with E-state index in [9.17, 15) is 0 Å². The van der Waals surface area contributed by atoms with Gasteiger partial charge in [-0.05, 0) is 92.3 Å². The number of allylic oxidation sites excluding steroid dienone is 2. The van der Waals surface area contributed by atoms with Gasteiger partial charge in [0.25, 0.3) is 0 Å². The van der Waals surface area contributed by atoms with E-state index in [0.29, 0.717) is 5.92 Å². The zero-order valence-corrected chi connectivity index (χ0v) is 18.7. The number of aryl methyl sites for hydroxylation is 3. The van der Waals surface area contributed by atoms with Gasteiger partial charge in [-0.2, -0.15) is 0 Å². The molecule has 3 rings (SSSR count). The first kappa shape index (κ1) is 20.6. The first-order chi connectivity index (χ1) is 13.3. The average molecular weight is 374 g/mol. The van der Waals surface area contributed by atoms with E-state index in [1.54, 1.807) is 0 Å². The molecule has 0 radical (unpaired) electrons. The van der Waals surface area contributed by atoms with Gasteiger partial charge in [0.2, 0.25) is 0 Å². The van der Waals surface area contributed by atoms with E-state index in [1.165, 1.54) is 68.6 Å². The van der Waals surface area contributed by atoms with Crippen LogP contribution in [0, 0.1) is 20.8 Å². The molecule has 0 aromatic heterocycles. The third kappa shape index (κ3) is 3.99. The van der Waals surface area contributed by atoms with Crippen LogP contribution in [-0.4, -0.2) is 5.71 Å². The minimum atomic E-state index is 0.549. The summed E-state index contributed by atoms with van der Waals surface area (Å²) in [4.78, 5) is 4.70. The van der Waals surface area contributed by atoms with Crippen LogP contribution in [0.15, 0.2) is 40.9 Å². The van der Waals surface area contributed by atoms with Crippen molar-refractivity contribution in [2.75, 3.05) is 0 Å². The number of hydrogen-bond acceptors (Lipinski definition) is 1. The molecule has 1 atom stereocenters. The topological polar surface area (TPSA) is 12.4 Å². The van der Waals surface area contributed by atoms with Crippen molar-refractivity contribution in [3.63, 3.8) is 0 Å². The third-order valence-corrected chi connectivity index (χ3v) is 6.26. The predicted molar refractivity (Wildman–Crippen MR) is 124 cm³/mol. The summed E-state index contributed by atoms with van der Waals surface area (Å²) in [6.07, 6.45) is 6.00. The number of nitrogens with zero attached hydrogens (tertiary/aromatic N) is 1. The van der Waals surface area contributed by atoms with E-state index < -0.39 is 0 Å². The summed E-state index contributed by atoms with van der Waals surface area (Å²) in [7, 11) is 0. The van der Waals surface area contributed by atoms with E-state index >= 15 is 0 Å². The largest absolute Gasteiger partial charge is 0.285 e. The summed E-state index contributed by atoms with van der Waals surface area (Å²) in [5.41, 5.74) is 13.8. The number of rotatable bonds is 6. The van der Waals surface area contributed by atoms with Crippen LogP contribution in [0.2, 0.25) is 0 Å². The van der Waals surface area contributed by atoms with Crippen molar-refractivity contribution in [3.05, 3.63) is 69.3 Å². The monoisotopic (exact) mass is 373 g/mol. The molecule has 2 aromatic carbocycles. The summed E-state index contributed by atoms with van der Waals surface area (Å²) in [6.45, 7) is 16.6. The predicted octanol–water partition coefficient (Wildman–Crippen LogP) is 7.84. The molecule has 1 heterocycles. The van der Waals surface area contributed by atoms with Crippen molar-refractivity contribution in [2.45, 2.75) is 80.2 Å². The molecular weight excluding hydrogens is 338 g/mol.